The van der Waals surface area contributed by atoms with Crippen molar-refractivity contribution in [3.8, 4) is 0 Å². The predicted octanol–water partition coefficient (Wildman–Crippen LogP) is 1.06. The molecule has 0 bridgehead atoms. The largest absolute Gasteiger partial charge is 0.383 e. The lowest BCUT2D eigenvalue weighted by Gasteiger charge is -2.22. The molecule has 114 valence electrons. The number of nitrogens with one attached hydrogen (secondary N) is 1. The Kier molecular flexibility index (Phi) is 11.2. The van der Waals surface area contributed by atoms with Crippen LogP contribution in [0.3, 0.4) is 0 Å². The molecule has 0 spiro atoms. The maximum absolute atomic E-state index is 12.1. The Bertz CT molecular complexity index is 228. The number of hydrogen-bond donors (Lipinski definition) is 1. The van der Waals surface area contributed by atoms with Crippen LogP contribution in [0.15, 0.2) is 0 Å². The van der Waals surface area contributed by atoms with E-state index < -0.39 is 0 Å². The molecule has 0 aromatic carbocycles. The molecule has 1 fully saturated rings. The molecular formula is C13H27ClN2O3. The molecule has 1 N–H and O–H groups in total. The Balaban J connectivity index is 0.00000324. The molecule has 0 aromatic rings. The van der Waals surface area contributed by atoms with Crippen molar-refractivity contribution in [2.24, 2.45) is 0 Å². The zero-order valence-corrected chi connectivity index (χ0v) is 12.8. The first-order valence-corrected chi connectivity index (χ1v) is 6.77. The highest BCUT2D eigenvalue weighted by Gasteiger charge is 2.18. The predicted molar refractivity (Wildman–Crippen MR) is 77.8 cm³/mol. The van der Waals surface area contributed by atoms with E-state index >= 15 is 0 Å². The van der Waals surface area contributed by atoms with E-state index in [-0.39, 0.29) is 18.3 Å². The van der Waals surface area contributed by atoms with Crippen LogP contribution in [0.25, 0.3) is 0 Å². The molecule has 1 rings (SSSR count). The number of methoxy groups -OCH3 is 2. The molecular weight excluding hydrogens is 268 g/mol. The van der Waals surface area contributed by atoms with E-state index in [4.69, 9.17) is 9.47 Å². The van der Waals surface area contributed by atoms with Gasteiger partial charge in [0.25, 0.3) is 0 Å². The monoisotopic (exact) mass is 294 g/mol. The maximum atomic E-state index is 12.1. The van der Waals surface area contributed by atoms with Crippen LogP contribution in [-0.4, -0.2) is 63.9 Å². The topological polar surface area (TPSA) is 50.8 Å². The highest BCUT2D eigenvalue weighted by atomic mass is 35.5. The minimum absolute atomic E-state index is 0. The molecule has 19 heavy (non-hydrogen) atoms. The van der Waals surface area contributed by atoms with Crippen molar-refractivity contribution in [3.63, 3.8) is 0 Å². The van der Waals surface area contributed by atoms with Crippen LogP contribution in [0.4, 0.5) is 0 Å². The lowest BCUT2D eigenvalue weighted by atomic mass is 10.1. The molecule has 1 amide bonds. The second kappa shape index (κ2) is 11.5. The summed E-state index contributed by atoms with van der Waals surface area (Å²) in [6.45, 7) is 3.55. The molecule has 1 unspecified atom stereocenters. The van der Waals surface area contributed by atoms with Gasteiger partial charge in [-0.15, -0.1) is 12.4 Å². The third kappa shape index (κ3) is 7.72. The quantitative estimate of drug-likeness (QED) is 0.691. The van der Waals surface area contributed by atoms with E-state index in [0.29, 0.717) is 38.8 Å². The number of rotatable bonds is 9. The van der Waals surface area contributed by atoms with E-state index in [0.717, 1.165) is 13.0 Å². The lowest BCUT2D eigenvalue weighted by molar-refractivity contribution is -0.132. The molecule has 1 saturated heterocycles. The summed E-state index contributed by atoms with van der Waals surface area (Å²) in [4.78, 5) is 13.9. The maximum Gasteiger partial charge on any atom is 0.222 e. The Hall–Kier alpha value is -0.360. The summed E-state index contributed by atoms with van der Waals surface area (Å²) in [7, 11) is 3.31. The number of hydrogen-bond acceptors (Lipinski definition) is 4. The van der Waals surface area contributed by atoms with Gasteiger partial charge in [0, 0.05) is 39.8 Å². The van der Waals surface area contributed by atoms with Crippen LogP contribution < -0.4 is 5.32 Å². The van der Waals surface area contributed by atoms with Crippen LogP contribution in [0.5, 0.6) is 0 Å². The van der Waals surface area contributed by atoms with Crippen molar-refractivity contribution in [2.75, 3.05) is 47.1 Å². The van der Waals surface area contributed by atoms with E-state index in [1.165, 1.54) is 12.8 Å². The number of ether oxygens (including phenoxy) is 2. The molecule has 1 aliphatic heterocycles. The van der Waals surface area contributed by atoms with E-state index in [2.05, 4.69) is 5.32 Å². The fraction of sp³-hybridized carbons (Fsp3) is 0.923. The Morgan fingerprint density at radius 3 is 2.37 bits per heavy atom. The molecule has 0 aliphatic carbocycles. The van der Waals surface area contributed by atoms with Gasteiger partial charge in [0.2, 0.25) is 5.91 Å². The van der Waals surface area contributed by atoms with Crippen LogP contribution in [0.2, 0.25) is 0 Å². The van der Waals surface area contributed by atoms with Crippen molar-refractivity contribution < 1.29 is 14.3 Å². The summed E-state index contributed by atoms with van der Waals surface area (Å²) in [5, 5.41) is 3.42. The van der Waals surface area contributed by atoms with Gasteiger partial charge in [0.1, 0.15) is 0 Å². The first-order valence-electron chi connectivity index (χ1n) is 6.77. The van der Waals surface area contributed by atoms with Crippen molar-refractivity contribution >= 4 is 18.3 Å². The van der Waals surface area contributed by atoms with Crippen molar-refractivity contribution in [1.29, 1.82) is 0 Å². The third-order valence-electron chi connectivity index (χ3n) is 3.35. The summed E-state index contributed by atoms with van der Waals surface area (Å²) in [6.07, 6.45) is 3.99. The van der Waals surface area contributed by atoms with Crippen LogP contribution in [0.1, 0.15) is 25.7 Å². The van der Waals surface area contributed by atoms with Gasteiger partial charge in [0.05, 0.1) is 13.2 Å². The minimum Gasteiger partial charge on any atom is -0.383 e. The van der Waals surface area contributed by atoms with Gasteiger partial charge in [-0.25, -0.2) is 0 Å². The van der Waals surface area contributed by atoms with Gasteiger partial charge < -0.3 is 19.7 Å². The first kappa shape index (κ1) is 18.6. The molecule has 1 aliphatic rings. The van der Waals surface area contributed by atoms with E-state index in [1.54, 1.807) is 14.2 Å². The second-order valence-corrected chi connectivity index (χ2v) is 4.70. The van der Waals surface area contributed by atoms with Gasteiger partial charge in [-0.1, -0.05) is 0 Å². The highest BCUT2D eigenvalue weighted by Crippen LogP contribution is 2.11. The van der Waals surface area contributed by atoms with Gasteiger partial charge >= 0.3 is 0 Å². The summed E-state index contributed by atoms with van der Waals surface area (Å²) < 4.78 is 10.1. The average molecular weight is 295 g/mol. The number of halogens is 1. The van der Waals surface area contributed by atoms with E-state index in [1.807, 2.05) is 4.90 Å². The molecule has 6 heteroatoms. The van der Waals surface area contributed by atoms with Gasteiger partial charge in [0.15, 0.2) is 0 Å². The summed E-state index contributed by atoms with van der Waals surface area (Å²) in [5.41, 5.74) is 0. The standard InChI is InChI=1S/C13H26N2O3.ClH/c1-17-10-8-15(9-11-18-2)13(16)6-5-12-4-3-7-14-12;/h12,14H,3-11H2,1-2H3;1H. The normalized spacial score (nSPS) is 18.1. The number of carbonyl (C=O) groups excluding carboxylic acids is 1. The van der Waals surface area contributed by atoms with Crippen molar-refractivity contribution in [1.82, 2.24) is 10.2 Å². The fourth-order valence-corrected chi connectivity index (χ4v) is 2.22. The molecule has 1 heterocycles. The number of nitrogens with zero attached hydrogens (tertiary/aromatic N) is 1. The van der Waals surface area contributed by atoms with Gasteiger partial charge in [-0.2, -0.15) is 0 Å². The molecule has 1 atom stereocenters. The lowest BCUT2D eigenvalue weighted by Crippen LogP contribution is -2.37. The van der Waals surface area contributed by atoms with Crippen LogP contribution in [-0.2, 0) is 14.3 Å². The van der Waals surface area contributed by atoms with E-state index in [9.17, 15) is 4.79 Å². The SMILES string of the molecule is COCCN(CCOC)C(=O)CCC1CCCN1.Cl. The fourth-order valence-electron chi connectivity index (χ4n) is 2.22. The first-order chi connectivity index (χ1) is 8.77. The summed E-state index contributed by atoms with van der Waals surface area (Å²) >= 11 is 0. The Labute approximate surface area is 122 Å². The van der Waals surface area contributed by atoms with Crippen LogP contribution >= 0.6 is 12.4 Å². The highest BCUT2D eigenvalue weighted by molar-refractivity contribution is 5.85. The second-order valence-electron chi connectivity index (χ2n) is 4.70. The molecule has 5 nitrogen and oxygen atoms in total. The number of carbonyl (C=O) groups is 1. The number of amides is 1. The minimum atomic E-state index is 0. The zero-order valence-electron chi connectivity index (χ0n) is 12.0. The van der Waals surface area contributed by atoms with Gasteiger partial charge in [-0.3, -0.25) is 4.79 Å². The Morgan fingerprint density at radius 2 is 1.89 bits per heavy atom. The molecule has 0 aromatic heterocycles. The van der Waals surface area contributed by atoms with Crippen molar-refractivity contribution in [3.05, 3.63) is 0 Å². The average Bonchev–Trinajstić information content (AvgIpc) is 2.89. The smallest absolute Gasteiger partial charge is 0.222 e. The van der Waals surface area contributed by atoms with Crippen molar-refractivity contribution in [2.45, 2.75) is 31.7 Å². The third-order valence-corrected chi connectivity index (χ3v) is 3.35. The zero-order chi connectivity index (χ0) is 13.2. The summed E-state index contributed by atoms with van der Waals surface area (Å²) in [6, 6.07) is 0.528. The molecule has 0 radical (unpaired) electrons. The Morgan fingerprint density at radius 1 is 1.26 bits per heavy atom. The van der Waals surface area contributed by atoms with Gasteiger partial charge in [-0.05, 0) is 25.8 Å². The van der Waals surface area contributed by atoms with Crippen LogP contribution in [0, 0.1) is 0 Å². The summed E-state index contributed by atoms with van der Waals surface area (Å²) in [5.74, 6) is 0.206. The molecule has 0 saturated carbocycles.